The molecule has 1 aromatic heterocycles. The molecule has 1 amide bonds. The van der Waals surface area contributed by atoms with Gasteiger partial charge in [-0.2, -0.15) is 5.26 Å². The van der Waals surface area contributed by atoms with E-state index in [0.717, 1.165) is 34.8 Å². The number of benzene rings is 2. The van der Waals surface area contributed by atoms with Crippen molar-refractivity contribution < 1.29 is 4.79 Å². The Labute approximate surface area is 172 Å². The maximum Gasteiger partial charge on any atom is 0.243 e. The zero-order chi connectivity index (χ0) is 20.1. The van der Waals surface area contributed by atoms with Crippen molar-refractivity contribution >= 4 is 29.0 Å². The summed E-state index contributed by atoms with van der Waals surface area (Å²) >= 11 is 1.40. The highest BCUT2D eigenvalue weighted by Gasteiger charge is 2.28. The second kappa shape index (κ2) is 8.75. The van der Waals surface area contributed by atoms with Crippen LogP contribution in [-0.2, 0) is 4.79 Å². The van der Waals surface area contributed by atoms with Gasteiger partial charge in [0.15, 0.2) is 5.82 Å². The maximum atomic E-state index is 12.4. The van der Waals surface area contributed by atoms with E-state index >= 15 is 0 Å². The minimum Gasteiger partial charge on any atom is -0.376 e. The average molecular weight is 405 g/mol. The van der Waals surface area contributed by atoms with E-state index in [1.54, 1.807) is 0 Å². The zero-order valence-corrected chi connectivity index (χ0v) is 16.4. The van der Waals surface area contributed by atoms with Gasteiger partial charge in [-0.25, -0.2) is 4.68 Å². The van der Waals surface area contributed by atoms with E-state index in [2.05, 4.69) is 32.2 Å². The van der Waals surface area contributed by atoms with E-state index in [-0.39, 0.29) is 12.5 Å². The summed E-state index contributed by atoms with van der Waals surface area (Å²) in [6.07, 6.45) is 2.20. The molecule has 0 unspecified atom stereocenters. The van der Waals surface area contributed by atoms with Gasteiger partial charge in [-0.1, -0.05) is 24.3 Å². The molecule has 0 bridgehead atoms. The molecule has 1 aliphatic rings. The van der Waals surface area contributed by atoms with Crippen LogP contribution in [0.3, 0.4) is 0 Å². The molecule has 3 aromatic rings. The fraction of sp³-hybridized carbons (Fsp3) is 0.250. The number of nitriles is 1. The van der Waals surface area contributed by atoms with Crippen LogP contribution in [0.1, 0.15) is 18.9 Å². The Hall–Kier alpha value is -3.38. The minimum absolute atomic E-state index is 0.119. The normalized spacial score (nSPS) is 12.9. The van der Waals surface area contributed by atoms with Crippen molar-refractivity contribution in [1.82, 2.24) is 20.2 Å². The third-order valence-corrected chi connectivity index (χ3v) is 5.35. The number of nitrogens with zero attached hydrogens (tertiary/aromatic N) is 5. The summed E-state index contributed by atoms with van der Waals surface area (Å²) in [6, 6.07) is 17.7. The van der Waals surface area contributed by atoms with Gasteiger partial charge in [0, 0.05) is 16.1 Å². The Morgan fingerprint density at radius 3 is 2.93 bits per heavy atom. The van der Waals surface area contributed by atoms with E-state index in [1.807, 2.05) is 53.2 Å². The predicted molar refractivity (Wildman–Crippen MR) is 111 cm³/mol. The third kappa shape index (κ3) is 4.73. The molecule has 146 valence electrons. The number of aromatic nitrogens is 4. The van der Waals surface area contributed by atoms with Crippen LogP contribution in [0.5, 0.6) is 0 Å². The fourth-order valence-corrected chi connectivity index (χ4v) is 3.57. The third-order valence-electron chi connectivity index (χ3n) is 4.41. The molecule has 0 spiro atoms. The topological polar surface area (TPSA) is 109 Å². The van der Waals surface area contributed by atoms with Crippen LogP contribution < -0.4 is 10.6 Å². The quantitative estimate of drug-likeness (QED) is 0.553. The van der Waals surface area contributed by atoms with Gasteiger partial charge >= 0.3 is 0 Å². The molecule has 0 aliphatic heterocycles. The van der Waals surface area contributed by atoms with Crippen LogP contribution in [0.25, 0.3) is 11.4 Å². The van der Waals surface area contributed by atoms with Gasteiger partial charge in [0.05, 0.1) is 30.1 Å². The summed E-state index contributed by atoms with van der Waals surface area (Å²) < 4.78 is 1.86. The molecule has 1 heterocycles. The van der Waals surface area contributed by atoms with Gasteiger partial charge in [-0.15, -0.1) is 16.9 Å². The van der Waals surface area contributed by atoms with Gasteiger partial charge in [-0.3, -0.25) is 4.79 Å². The lowest BCUT2D eigenvalue weighted by Crippen LogP contribution is -2.22. The fourth-order valence-electron chi connectivity index (χ4n) is 2.90. The Balaban J connectivity index is 1.39. The summed E-state index contributed by atoms with van der Waals surface area (Å²) in [5.41, 5.74) is 2.43. The average Bonchev–Trinajstić information content (AvgIpc) is 3.48. The Bertz CT molecular complexity index is 1050. The molecule has 0 saturated heterocycles. The van der Waals surface area contributed by atoms with Crippen molar-refractivity contribution in [3.63, 3.8) is 0 Å². The highest BCUT2D eigenvalue weighted by molar-refractivity contribution is 7.99. The SMILES string of the molecule is N#CCSc1ccccc1NC(=O)CNc1cccc(-c2nnnn2C2CC2)c1. The van der Waals surface area contributed by atoms with Crippen LogP contribution in [0, 0.1) is 11.3 Å². The lowest BCUT2D eigenvalue weighted by molar-refractivity contribution is -0.114. The van der Waals surface area contributed by atoms with Crippen LogP contribution in [0.2, 0.25) is 0 Å². The zero-order valence-electron chi connectivity index (χ0n) is 15.6. The van der Waals surface area contributed by atoms with E-state index in [4.69, 9.17) is 5.26 Å². The van der Waals surface area contributed by atoms with Crippen molar-refractivity contribution in [2.24, 2.45) is 0 Å². The first kappa shape index (κ1) is 19.0. The first-order chi connectivity index (χ1) is 14.2. The summed E-state index contributed by atoms with van der Waals surface area (Å²) in [7, 11) is 0. The van der Waals surface area contributed by atoms with Gasteiger partial charge in [-0.05, 0) is 47.5 Å². The number of carbonyl (C=O) groups is 1. The monoisotopic (exact) mass is 405 g/mol. The van der Waals surface area contributed by atoms with E-state index in [0.29, 0.717) is 17.5 Å². The molecule has 4 rings (SSSR count). The van der Waals surface area contributed by atoms with Crippen molar-refractivity contribution in [3.8, 4) is 17.5 Å². The minimum atomic E-state index is -0.164. The van der Waals surface area contributed by atoms with E-state index in [9.17, 15) is 4.79 Å². The molecule has 2 aromatic carbocycles. The first-order valence-electron chi connectivity index (χ1n) is 9.25. The van der Waals surface area contributed by atoms with Gasteiger partial charge in [0.1, 0.15) is 0 Å². The number of nitrogens with one attached hydrogen (secondary N) is 2. The van der Waals surface area contributed by atoms with Crippen LogP contribution in [-0.4, -0.2) is 38.4 Å². The lowest BCUT2D eigenvalue weighted by Gasteiger charge is -2.11. The molecule has 2 N–H and O–H groups in total. The van der Waals surface area contributed by atoms with E-state index < -0.39 is 0 Å². The van der Waals surface area contributed by atoms with Gasteiger partial charge < -0.3 is 10.6 Å². The molecule has 1 aliphatic carbocycles. The number of tetrazole rings is 1. The number of anilines is 2. The maximum absolute atomic E-state index is 12.4. The second-order valence-corrected chi connectivity index (χ2v) is 7.62. The molecule has 8 nitrogen and oxygen atoms in total. The van der Waals surface area contributed by atoms with E-state index in [1.165, 1.54) is 11.8 Å². The van der Waals surface area contributed by atoms with Gasteiger partial charge in [0.2, 0.25) is 5.91 Å². The molecule has 0 atom stereocenters. The molecular weight excluding hydrogens is 386 g/mol. The summed E-state index contributed by atoms with van der Waals surface area (Å²) in [6.45, 7) is 0.119. The first-order valence-corrected chi connectivity index (χ1v) is 10.2. The summed E-state index contributed by atoms with van der Waals surface area (Å²) in [5.74, 6) is 0.908. The van der Waals surface area contributed by atoms with Crippen molar-refractivity contribution in [3.05, 3.63) is 48.5 Å². The highest BCUT2D eigenvalue weighted by atomic mass is 32.2. The van der Waals surface area contributed by atoms with Crippen LogP contribution in [0.4, 0.5) is 11.4 Å². The number of carbonyl (C=O) groups excluding carboxylic acids is 1. The molecule has 1 saturated carbocycles. The molecule has 29 heavy (non-hydrogen) atoms. The predicted octanol–water partition coefficient (Wildman–Crippen LogP) is 3.34. The Morgan fingerprint density at radius 1 is 1.24 bits per heavy atom. The number of amides is 1. The van der Waals surface area contributed by atoms with Crippen molar-refractivity contribution in [2.45, 2.75) is 23.8 Å². The smallest absolute Gasteiger partial charge is 0.243 e. The standard InChI is InChI=1S/C20H19N7OS/c21-10-11-29-18-7-2-1-6-17(18)23-19(28)13-22-15-5-3-4-14(12-15)20-24-25-26-27(20)16-8-9-16/h1-7,12,16,22H,8-9,11,13H2,(H,23,28). The Kier molecular flexibility index (Phi) is 5.72. The van der Waals surface area contributed by atoms with Crippen molar-refractivity contribution in [2.75, 3.05) is 22.9 Å². The van der Waals surface area contributed by atoms with Crippen LogP contribution in [0.15, 0.2) is 53.4 Å². The number of hydrogen-bond acceptors (Lipinski definition) is 7. The number of para-hydroxylation sites is 1. The molecule has 1 fully saturated rings. The Morgan fingerprint density at radius 2 is 2.10 bits per heavy atom. The molecule has 0 radical (unpaired) electrons. The summed E-state index contributed by atoms with van der Waals surface area (Å²) in [5, 5.41) is 26.8. The second-order valence-electron chi connectivity index (χ2n) is 6.60. The van der Waals surface area contributed by atoms with Gasteiger partial charge in [0.25, 0.3) is 0 Å². The lowest BCUT2D eigenvalue weighted by atomic mass is 10.2. The highest BCUT2D eigenvalue weighted by Crippen LogP contribution is 2.36. The molecular formula is C20H19N7OS. The number of thioether (sulfide) groups is 1. The number of hydrogen-bond donors (Lipinski definition) is 2. The largest absolute Gasteiger partial charge is 0.376 e. The number of rotatable bonds is 8. The van der Waals surface area contributed by atoms with Crippen molar-refractivity contribution in [1.29, 1.82) is 5.26 Å². The molecule has 9 heteroatoms. The summed E-state index contributed by atoms with van der Waals surface area (Å²) in [4.78, 5) is 13.3. The van der Waals surface area contributed by atoms with Crippen LogP contribution >= 0.6 is 11.8 Å².